The largest absolute Gasteiger partial charge is 0.506 e. The SMILES string of the molecule is Cc1c2c(nn1C)-c1[nH]c(=O)c(C(=O)O)c(O)c1CCC2. The lowest BCUT2D eigenvalue weighted by atomic mass is 10.0. The number of carboxylic acid groups (broad SMARTS) is 1. The normalized spacial score (nSPS) is 13.4. The summed E-state index contributed by atoms with van der Waals surface area (Å²) < 4.78 is 1.72. The Labute approximate surface area is 119 Å². The topological polar surface area (TPSA) is 108 Å². The first-order valence-electron chi connectivity index (χ1n) is 6.66. The van der Waals surface area contributed by atoms with Gasteiger partial charge in [0.2, 0.25) is 0 Å². The monoisotopic (exact) mass is 289 g/mol. The molecule has 0 radical (unpaired) electrons. The van der Waals surface area contributed by atoms with E-state index in [0.29, 0.717) is 23.4 Å². The molecule has 0 aromatic carbocycles. The second-order valence-electron chi connectivity index (χ2n) is 5.23. The van der Waals surface area contributed by atoms with Gasteiger partial charge in [0, 0.05) is 23.9 Å². The van der Waals surface area contributed by atoms with Crippen molar-refractivity contribution in [1.29, 1.82) is 0 Å². The number of aromatic nitrogens is 3. The number of nitrogens with zero attached hydrogens (tertiary/aromatic N) is 2. The Morgan fingerprint density at radius 3 is 2.67 bits per heavy atom. The molecule has 3 rings (SSSR count). The number of hydrogen-bond donors (Lipinski definition) is 3. The number of aryl methyl sites for hydroxylation is 1. The molecule has 0 saturated carbocycles. The molecule has 7 heteroatoms. The van der Waals surface area contributed by atoms with Gasteiger partial charge >= 0.3 is 5.97 Å². The van der Waals surface area contributed by atoms with Crippen LogP contribution in [0.5, 0.6) is 5.75 Å². The highest BCUT2D eigenvalue weighted by Gasteiger charge is 2.27. The van der Waals surface area contributed by atoms with Gasteiger partial charge < -0.3 is 15.2 Å². The molecule has 0 unspecified atom stereocenters. The van der Waals surface area contributed by atoms with E-state index < -0.39 is 22.8 Å². The van der Waals surface area contributed by atoms with Crippen molar-refractivity contribution in [1.82, 2.24) is 14.8 Å². The quantitative estimate of drug-likeness (QED) is 0.725. The van der Waals surface area contributed by atoms with Crippen molar-refractivity contribution in [3.05, 3.63) is 32.7 Å². The highest BCUT2D eigenvalue weighted by Crippen LogP contribution is 2.35. The van der Waals surface area contributed by atoms with E-state index in [1.165, 1.54) is 0 Å². The lowest BCUT2D eigenvalue weighted by molar-refractivity contribution is 0.0691. The van der Waals surface area contributed by atoms with Gasteiger partial charge in [0.1, 0.15) is 11.4 Å². The Hall–Kier alpha value is -2.57. The van der Waals surface area contributed by atoms with Crippen LogP contribution in [0.1, 0.15) is 33.6 Å². The summed E-state index contributed by atoms with van der Waals surface area (Å²) in [6.45, 7) is 1.94. The molecule has 0 aliphatic heterocycles. The summed E-state index contributed by atoms with van der Waals surface area (Å²) in [6.07, 6.45) is 2.02. The number of fused-ring (bicyclic) bond motifs is 3. The molecule has 2 heterocycles. The maximum absolute atomic E-state index is 11.9. The smallest absolute Gasteiger partial charge is 0.345 e. The van der Waals surface area contributed by atoms with Gasteiger partial charge in [-0.25, -0.2) is 4.79 Å². The van der Waals surface area contributed by atoms with Crippen molar-refractivity contribution >= 4 is 5.97 Å². The van der Waals surface area contributed by atoms with E-state index in [2.05, 4.69) is 10.1 Å². The van der Waals surface area contributed by atoms with Crippen molar-refractivity contribution in [2.75, 3.05) is 0 Å². The molecule has 2 aromatic heterocycles. The van der Waals surface area contributed by atoms with E-state index in [0.717, 1.165) is 24.1 Å². The van der Waals surface area contributed by atoms with Crippen molar-refractivity contribution in [2.45, 2.75) is 26.2 Å². The third-order valence-electron chi connectivity index (χ3n) is 4.05. The lowest BCUT2D eigenvalue weighted by Crippen LogP contribution is -2.20. The van der Waals surface area contributed by atoms with Crippen LogP contribution in [0, 0.1) is 6.92 Å². The van der Waals surface area contributed by atoms with Gasteiger partial charge in [-0.1, -0.05) is 0 Å². The summed E-state index contributed by atoms with van der Waals surface area (Å²) in [4.78, 5) is 25.6. The molecule has 0 amide bonds. The minimum Gasteiger partial charge on any atom is -0.506 e. The zero-order chi connectivity index (χ0) is 15.3. The molecular weight excluding hydrogens is 274 g/mol. The molecule has 7 nitrogen and oxygen atoms in total. The summed E-state index contributed by atoms with van der Waals surface area (Å²) in [5, 5.41) is 23.6. The van der Waals surface area contributed by atoms with Crippen LogP contribution in [-0.4, -0.2) is 30.9 Å². The number of aromatic hydroxyl groups is 1. The van der Waals surface area contributed by atoms with E-state index in [4.69, 9.17) is 5.11 Å². The summed E-state index contributed by atoms with van der Waals surface area (Å²) in [5.74, 6) is -1.88. The van der Waals surface area contributed by atoms with E-state index in [-0.39, 0.29) is 0 Å². The number of carbonyl (C=O) groups is 1. The number of pyridine rings is 1. The lowest BCUT2D eigenvalue weighted by Gasteiger charge is -2.09. The fourth-order valence-electron chi connectivity index (χ4n) is 2.87. The number of hydrogen-bond acceptors (Lipinski definition) is 4. The Balaban J connectivity index is 2.37. The van der Waals surface area contributed by atoms with Crippen LogP contribution in [0.25, 0.3) is 11.4 Å². The van der Waals surface area contributed by atoms with Crippen LogP contribution in [0.3, 0.4) is 0 Å². The standard InChI is InChI=1S/C14H15N3O4/c1-6-7-4-3-5-8-10(11(7)16-17(6)2)15-13(19)9(12(8)18)14(20)21/h3-5H2,1-2H3,(H,20,21)(H2,15,18,19). The van der Waals surface area contributed by atoms with Gasteiger partial charge in [-0.3, -0.25) is 9.48 Å². The summed E-state index contributed by atoms with van der Waals surface area (Å²) in [5.41, 5.74) is 2.10. The first-order valence-corrected chi connectivity index (χ1v) is 6.66. The number of nitrogens with one attached hydrogen (secondary N) is 1. The van der Waals surface area contributed by atoms with Crippen LogP contribution in [0.2, 0.25) is 0 Å². The molecule has 1 aliphatic carbocycles. The third-order valence-corrected chi connectivity index (χ3v) is 4.05. The molecule has 0 spiro atoms. The second kappa shape index (κ2) is 4.47. The Morgan fingerprint density at radius 1 is 1.33 bits per heavy atom. The molecule has 0 bridgehead atoms. The predicted octanol–water partition coefficient (Wildman–Crippen LogP) is 0.976. The van der Waals surface area contributed by atoms with Crippen LogP contribution >= 0.6 is 0 Å². The van der Waals surface area contributed by atoms with Crippen molar-refractivity contribution in [3.8, 4) is 17.1 Å². The number of rotatable bonds is 1. The molecular formula is C14H15N3O4. The molecule has 0 atom stereocenters. The van der Waals surface area contributed by atoms with Crippen LogP contribution < -0.4 is 5.56 Å². The van der Waals surface area contributed by atoms with Crippen molar-refractivity contribution in [3.63, 3.8) is 0 Å². The number of H-pyrrole nitrogens is 1. The molecule has 0 fully saturated rings. The van der Waals surface area contributed by atoms with Crippen LogP contribution in [0.4, 0.5) is 0 Å². The maximum atomic E-state index is 11.9. The summed E-state index contributed by atoms with van der Waals surface area (Å²) in [6, 6.07) is 0. The van der Waals surface area contributed by atoms with E-state index in [1.54, 1.807) is 4.68 Å². The van der Waals surface area contributed by atoms with Gasteiger partial charge in [-0.05, 0) is 26.2 Å². The molecule has 110 valence electrons. The summed E-state index contributed by atoms with van der Waals surface area (Å²) in [7, 11) is 1.81. The molecule has 21 heavy (non-hydrogen) atoms. The first-order chi connectivity index (χ1) is 9.91. The highest BCUT2D eigenvalue weighted by atomic mass is 16.4. The predicted molar refractivity (Wildman–Crippen MR) is 74.7 cm³/mol. The first kappa shape index (κ1) is 13.4. The van der Waals surface area contributed by atoms with E-state index in [1.807, 2.05) is 14.0 Å². The van der Waals surface area contributed by atoms with Gasteiger partial charge in [-0.2, -0.15) is 5.10 Å². The number of aromatic carboxylic acids is 1. The van der Waals surface area contributed by atoms with E-state index in [9.17, 15) is 14.7 Å². The number of aromatic amines is 1. The zero-order valence-corrected chi connectivity index (χ0v) is 11.7. The van der Waals surface area contributed by atoms with Crippen molar-refractivity contribution < 1.29 is 15.0 Å². The van der Waals surface area contributed by atoms with Crippen molar-refractivity contribution in [2.24, 2.45) is 7.05 Å². The minimum absolute atomic E-state index is 0.429. The van der Waals surface area contributed by atoms with Gasteiger partial charge in [0.25, 0.3) is 5.56 Å². The van der Waals surface area contributed by atoms with Gasteiger partial charge in [0.05, 0.1) is 5.69 Å². The molecule has 1 aliphatic rings. The molecule has 2 aromatic rings. The second-order valence-corrected chi connectivity index (χ2v) is 5.23. The third kappa shape index (κ3) is 1.84. The summed E-state index contributed by atoms with van der Waals surface area (Å²) >= 11 is 0. The Kier molecular flexibility index (Phi) is 2.86. The van der Waals surface area contributed by atoms with E-state index >= 15 is 0 Å². The average Bonchev–Trinajstić information content (AvgIpc) is 2.58. The van der Waals surface area contributed by atoms with Gasteiger partial charge in [-0.15, -0.1) is 0 Å². The molecule has 0 saturated heterocycles. The maximum Gasteiger partial charge on any atom is 0.345 e. The Morgan fingerprint density at radius 2 is 2.00 bits per heavy atom. The fraction of sp³-hybridized carbons (Fsp3) is 0.357. The molecule has 3 N–H and O–H groups in total. The van der Waals surface area contributed by atoms with Crippen LogP contribution in [0.15, 0.2) is 4.79 Å². The van der Waals surface area contributed by atoms with Crippen LogP contribution in [-0.2, 0) is 19.9 Å². The number of carboxylic acids is 1. The highest BCUT2D eigenvalue weighted by molar-refractivity contribution is 5.92. The minimum atomic E-state index is -1.43. The fourth-order valence-corrected chi connectivity index (χ4v) is 2.87. The van der Waals surface area contributed by atoms with Gasteiger partial charge in [0.15, 0.2) is 5.56 Å². The Bertz CT molecular complexity index is 817. The average molecular weight is 289 g/mol. The zero-order valence-electron chi connectivity index (χ0n) is 11.7.